The zero-order chi connectivity index (χ0) is 13.1. The highest BCUT2D eigenvalue weighted by atomic mass is 32.2. The van der Waals surface area contributed by atoms with Crippen LogP contribution in [0.15, 0.2) is 33.9 Å². The van der Waals surface area contributed by atoms with Gasteiger partial charge in [0.15, 0.2) is 5.58 Å². The number of rotatable bonds is 4. The molecule has 102 valence electrons. The Labute approximate surface area is 116 Å². The molecule has 1 fully saturated rings. The van der Waals surface area contributed by atoms with E-state index in [1.165, 1.54) is 0 Å². The number of para-hydroxylation sites is 2. The molecule has 1 saturated heterocycles. The summed E-state index contributed by atoms with van der Waals surface area (Å²) in [5, 5.41) is 4.62. The zero-order valence-corrected chi connectivity index (χ0v) is 11.8. The number of hydrogen-bond acceptors (Lipinski definition) is 5. The molecule has 3 rings (SSSR count). The Kier molecular flexibility index (Phi) is 4.06. The minimum atomic E-state index is 0.363. The van der Waals surface area contributed by atoms with Gasteiger partial charge in [-0.3, -0.25) is 0 Å². The number of oxazole rings is 1. The summed E-state index contributed by atoms with van der Waals surface area (Å²) in [4.78, 5) is 4.51. The first-order valence-corrected chi connectivity index (χ1v) is 7.58. The zero-order valence-electron chi connectivity index (χ0n) is 11.0. The number of nitrogens with zero attached hydrogens (tertiary/aromatic N) is 1. The third kappa shape index (κ3) is 2.94. The molecular formula is C14H18N2O2S. The van der Waals surface area contributed by atoms with E-state index in [0.717, 1.165) is 42.5 Å². The largest absolute Gasteiger partial charge is 0.431 e. The Morgan fingerprint density at radius 3 is 3.16 bits per heavy atom. The topological polar surface area (TPSA) is 47.3 Å². The minimum absolute atomic E-state index is 0.363. The number of nitrogens with one attached hydrogen (secondary N) is 1. The van der Waals surface area contributed by atoms with Gasteiger partial charge in [-0.25, -0.2) is 4.98 Å². The lowest BCUT2D eigenvalue weighted by atomic mass is 10.1. The number of fused-ring (bicyclic) bond motifs is 1. The highest BCUT2D eigenvalue weighted by Gasteiger charge is 2.27. The van der Waals surface area contributed by atoms with Crippen molar-refractivity contribution in [2.75, 3.05) is 19.8 Å². The average Bonchev–Trinajstić information content (AvgIpc) is 2.83. The summed E-state index contributed by atoms with van der Waals surface area (Å²) in [5.41, 5.74) is 1.77. The molecule has 2 atom stereocenters. The van der Waals surface area contributed by atoms with Gasteiger partial charge in [-0.2, -0.15) is 0 Å². The predicted octanol–water partition coefficient (Wildman–Crippen LogP) is 2.69. The van der Waals surface area contributed by atoms with Crippen molar-refractivity contribution in [1.29, 1.82) is 0 Å². The standard InChI is InChI=1S/C14H18N2O2S/c1-2-15-11-7-8-17-9-13(11)19-14-16-10-5-3-4-6-12(10)18-14/h3-6,11,13,15H,2,7-9H2,1H3. The van der Waals surface area contributed by atoms with Crippen LogP contribution in [0.4, 0.5) is 0 Å². The molecule has 4 nitrogen and oxygen atoms in total. The maximum absolute atomic E-state index is 5.77. The Bertz CT molecular complexity index is 508. The van der Waals surface area contributed by atoms with Gasteiger partial charge in [0.2, 0.25) is 0 Å². The van der Waals surface area contributed by atoms with Gasteiger partial charge in [0.05, 0.1) is 11.9 Å². The van der Waals surface area contributed by atoms with Gasteiger partial charge in [0.25, 0.3) is 5.22 Å². The lowest BCUT2D eigenvalue weighted by Crippen LogP contribution is -2.44. The highest BCUT2D eigenvalue weighted by molar-refractivity contribution is 7.99. The normalized spacial score (nSPS) is 23.8. The molecule has 0 spiro atoms. The molecule has 5 heteroatoms. The van der Waals surface area contributed by atoms with Crippen molar-refractivity contribution in [3.63, 3.8) is 0 Å². The van der Waals surface area contributed by atoms with E-state index < -0.39 is 0 Å². The summed E-state index contributed by atoms with van der Waals surface area (Å²) in [5.74, 6) is 0. The van der Waals surface area contributed by atoms with Crippen LogP contribution in [-0.4, -0.2) is 36.0 Å². The van der Waals surface area contributed by atoms with Crippen LogP contribution in [0.25, 0.3) is 11.1 Å². The van der Waals surface area contributed by atoms with Gasteiger partial charge in [-0.05, 0) is 25.1 Å². The second-order valence-electron chi connectivity index (χ2n) is 4.63. The van der Waals surface area contributed by atoms with Crippen LogP contribution in [0.1, 0.15) is 13.3 Å². The van der Waals surface area contributed by atoms with Crippen LogP contribution in [0.3, 0.4) is 0 Å². The first-order valence-electron chi connectivity index (χ1n) is 6.70. The molecule has 1 aromatic heterocycles. The maximum Gasteiger partial charge on any atom is 0.257 e. The van der Waals surface area contributed by atoms with E-state index in [0.29, 0.717) is 11.3 Å². The van der Waals surface area contributed by atoms with Crippen LogP contribution in [0.2, 0.25) is 0 Å². The third-order valence-electron chi connectivity index (χ3n) is 3.30. The van der Waals surface area contributed by atoms with E-state index in [2.05, 4.69) is 17.2 Å². The number of ether oxygens (including phenoxy) is 1. The van der Waals surface area contributed by atoms with Gasteiger partial charge < -0.3 is 14.5 Å². The van der Waals surface area contributed by atoms with Crippen LogP contribution in [0.5, 0.6) is 0 Å². The van der Waals surface area contributed by atoms with Gasteiger partial charge in [-0.1, -0.05) is 30.8 Å². The molecule has 0 bridgehead atoms. The Balaban J connectivity index is 1.75. The molecule has 0 amide bonds. The maximum atomic E-state index is 5.77. The third-order valence-corrected chi connectivity index (χ3v) is 4.44. The molecule has 0 aliphatic carbocycles. The molecule has 1 aliphatic rings. The summed E-state index contributed by atoms with van der Waals surface area (Å²) < 4.78 is 11.3. The van der Waals surface area contributed by atoms with E-state index >= 15 is 0 Å². The fourth-order valence-corrected chi connectivity index (χ4v) is 3.46. The fraction of sp³-hybridized carbons (Fsp3) is 0.500. The van der Waals surface area contributed by atoms with Gasteiger partial charge >= 0.3 is 0 Å². The molecule has 0 radical (unpaired) electrons. The van der Waals surface area contributed by atoms with Crippen molar-refractivity contribution in [2.45, 2.75) is 29.9 Å². The first kappa shape index (κ1) is 13.0. The van der Waals surface area contributed by atoms with Crippen LogP contribution in [0, 0.1) is 0 Å². The van der Waals surface area contributed by atoms with Crippen LogP contribution >= 0.6 is 11.8 Å². The second kappa shape index (κ2) is 5.94. The average molecular weight is 278 g/mol. The molecule has 2 unspecified atom stereocenters. The Morgan fingerprint density at radius 2 is 2.32 bits per heavy atom. The monoisotopic (exact) mass is 278 g/mol. The van der Waals surface area contributed by atoms with Crippen molar-refractivity contribution in [3.05, 3.63) is 24.3 Å². The fourth-order valence-electron chi connectivity index (χ4n) is 2.35. The molecule has 1 aromatic carbocycles. The van der Waals surface area contributed by atoms with Crippen molar-refractivity contribution in [3.8, 4) is 0 Å². The smallest absolute Gasteiger partial charge is 0.257 e. The molecule has 0 saturated carbocycles. The quantitative estimate of drug-likeness (QED) is 0.931. The van der Waals surface area contributed by atoms with E-state index in [-0.39, 0.29) is 0 Å². The Morgan fingerprint density at radius 1 is 1.42 bits per heavy atom. The summed E-state index contributed by atoms with van der Waals surface area (Å²) in [6.45, 7) is 4.70. The van der Waals surface area contributed by atoms with Crippen molar-refractivity contribution in [2.24, 2.45) is 0 Å². The second-order valence-corrected chi connectivity index (χ2v) is 5.82. The van der Waals surface area contributed by atoms with Gasteiger partial charge in [0.1, 0.15) is 5.52 Å². The lowest BCUT2D eigenvalue weighted by molar-refractivity contribution is 0.0834. The SMILES string of the molecule is CCNC1CCOCC1Sc1nc2ccccc2o1. The number of thioether (sulfide) groups is 1. The summed E-state index contributed by atoms with van der Waals surface area (Å²) >= 11 is 1.67. The number of aromatic nitrogens is 1. The van der Waals surface area contributed by atoms with Gasteiger partial charge in [-0.15, -0.1) is 0 Å². The number of benzene rings is 1. The lowest BCUT2D eigenvalue weighted by Gasteiger charge is -2.30. The van der Waals surface area contributed by atoms with E-state index in [1.54, 1.807) is 11.8 Å². The Hall–Kier alpha value is -1.04. The molecule has 1 aliphatic heterocycles. The molecule has 1 N–H and O–H groups in total. The van der Waals surface area contributed by atoms with Crippen LogP contribution in [-0.2, 0) is 4.74 Å². The van der Waals surface area contributed by atoms with Gasteiger partial charge in [0, 0.05) is 12.6 Å². The summed E-state index contributed by atoms with van der Waals surface area (Å²) in [6, 6.07) is 8.34. The van der Waals surface area contributed by atoms with Crippen LogP contribution < -0.4 is 5.32 Å². The molecule has 19 heavy (non-hydrogen) atoms. The van der Waals surface area contributed by atoms with E-state index in [9.17, 15) is 0 Å². The molecular weight excluding hydrogens is 260 g/mol. The molecule has 2 heterocycles. The summed E-state index contributed by atoms with van der Waals surface area (Å²) in [7, 11) is 0. The van der Waals surface area contributed by atoms with Crippen molar-refractivity contribution < 1.29 is 9.15 Å². The predicted molar refractivity (Wildman–Crippen MR) is 76.6 cm³/mol. The number of hydrogen-bond donors (Lipinski definition) is 1. The van der Waals surface area contributed by atoms with Crippen molar-refractivity contribution >= 4 is 22.9 Å². The minimum Gasteiger partial charge on any atom is -0.431 e. The van der Waals surface area contributed by atoms with E-state index in [4.69, 9.17) is 9.15 Å². The first-order chi connectivity index (χ1) is 9.36. The summed E-state index contributed by atoms with van der Waals surface area (Å²) in [6.07, 6.45) is 1.05. The van der Waals surface area contributed by atoms with Crippen molar-refractivity contribution in [1.82, 2.24) is 10.3 Å². The molecule has 2 aromatic rings. The van der Waals surface area contributed by atoms with E-state index in [1.807, 2.05) is 24.3 Å². The highest BCUT2D eigenvalue weighted by Crippen LogP contribution is 2.30.